The van der Waals surface area contributed by atoms with Crippen LogP contribution in [0.15, 0.2) is 59.5 Å². The van der Waals surface area contributed by atoms with Gasteiger partial charge in [0, 0.05) is 11.8 Å². The summed E-state index contributed by atoms with van der Waals surface area (Å²) in [5.41, 5.74) is 3.48. The molecule has 7 heteroatoms. The van der Waals surface area contributed by atoms with Crippen molar-refractivity contribution in [3.05, 3.63) is 77.8 Å². The third-order valence-electron chi connectivity index (χ3n) is 4.18. The number of nitrogens with zero attached hydrogens (tertiary/aromatic N) is 2. The number of halogens is 2. The summed E-state index contributed by atoms with van der Waals surface area (Å²) in [5.74, 6) is -2.57. The standard InChI is InChI=1S/C20H13F2N3O2/c1-11-7-16-17(27-10-24-16)8-13(11)12-5-6-18(23-9-12)25-20(26)19-14(21)3-2-4-15(19)22/h2-10H,1H3,(H,23,25,26). The number of benzene rings is 2. The Bertz CT molecular complexity index is 1130. The van der Waals surface area contributed by atoms with Gasteiger partial charge >= 0.3 is 0 Å². The monoisotopic (exact) mass is 365 g/mol. The van der Waals surface area contributed by atoms with Crippen LogP contribution in [0.3, 0.4) is 0 Å². The molecule has 0 aliphatic heterocycles. The number of oxazole rings is 1. The molecule has 5 nitrogen and oxygen atoms in total. The molecule has 0 radical (unpaired) electrons. The molecule has 4 aromatic rings. The predicted octanol–water partition coefficient (Wildman–Crippen LogP) is 4.73. The highest BCUT2D eigenvalue weighted by Crippen LogP contribution is 2.28. The molecular weight excluding hydrogens is 352 g/mol. The summed E-state index contributed by atoms with van der Waals surface area (Å²) in [6.45, 7) is 1.94. The zero-order valence-corrected chi connectivity index (χ0v) is 14.2. The molecule has 0 fully saturated rings. The Kier molecular flexibility index (Phi) is 4.12. The maximum atomic E-state index is 13.7. The number of pyridine rings is 1. The SMILES string of the molecule is Cc1cc2ncoc2cc1-c1ccc(NC(=O)c2c(F)cccc2F)nc1. The van der Waals surface area contributed by atoms with Crippen molar-refractivity contribution in [3.8, 4) is 11.1 Å². The van der Waals surface area contributed by atoms with Crippen molar-refractivity contribution in [1.29, 1.82) is 0 Å². The zero-order chi connectivity index (χ0) is 19.0. The number of carbonyl (C=O) groups excluding carboxylic acids is 1. The van der Waals surface area contributed by atoms with E-state index < -0.39 is 23.1 Å². The van der Waals surface area contributed by atoms with E-state index in [1.807, 2.05) is 19.1 Å². The summed E-state index contributed by atoms with van der Waals surface area (Å²) in [5, 5.41) is 2.40. The fourth-order valence-electron chi connectivity index (χ4n) is 2.84. The van der Waals surface area contributed by atoms with Gasteiger partial charge in [-0.25, -0.2) is 18.7 Å². The van der Waals surface area contributed by atoms with Gasteiger partial charge in [-0.05, 0) is 54.4 Å². The lowest BCUT2D eigenvalue weighted by Crippen LogP contribution is -2.16. The smallest absolute Gasteiger partial charge is 0.262 e. The van der Waals surface area contributed by atoms with Gasteiger partial charge in [0.1, 0.15) is 28.5 Å². The number of rotatable bonds is 3. The van der Waals surface area contributed by atoms with Crippen LogP contribution >= 0.6 is 0 Å². The fourth-order valence-corrected chi connectivity index (χ4v) is 2.84. The number of hydrogen-bond donors (Lipinski definition) is 1. The van der Waals surface area contributed by atoms with Gasteiger partial charge in [0.05, 0.1) is 0 Å². The molecule has 0 atom stereocenters. The van der Waals surface area contributed by atoms with E-state index in [-0.39, 0.29) is 5.82 Å². The minimum atomic E-state index is -0.930. The lowest BCUT2D eigenvalue weighted by Gasteiger charge is -2.09. The van der Waals surface area contributed by atoms with Crippen molar-refractivity contribution < 1.29 is 18.0 Å². The van der Waals surface area contributed by atoms with Crippen LogP contribution < -0.4 is 5.32 Å². The molecule has 1 N–H and O–H groups in total. The first-order valence-corrected chi connectivity index (χ1v) is 8.08. The van der Waals surface area contributed by atoms with Gasteiger partial charge in [0.25, 0.3) is 5.91 Å². The van der Waals surface area contributed by atoms with Crippen LogP contribution in [0.2, 0.25) is 0 Å². The number of hydrogen-bond acceptors (Lipinski definition) is 4. The third-order valence-corrected chi connectivity index (χ3v) is 4.18. The Labute approximate surface area is 152 Å². The van der Waals surface area contributed by atoms with Crippen molar-refractivity contribution in [2.75, 3.05) is 5.32 Å². The van der Waals surface area contributed by atoms with Gasteiger partial charge in [-0.2, -0.15) is 0 Å². The van der Waals surface area contributed by atoms with E-state index in [1.165, 1.54) is 12.5 Å². The van der Waals surface area contributed by atoms with Gasteiger partial charge < -0.3 is 9.73 Å². The van der Waals surface area contributed by atoms with E-state index in [4.69, 9.17) is 4.42 Å². The molecule has 1 amide bonds. The van der Waals surface area contributed by atoms with E-state index in [2.05, 4.69) is 15.3 Å². The van der Waals surface area contributed by atoms with Crippen LogP contribution in [-0.2, 0) is 0 Å². The second-order valence-electron chi connectivity index (χ2n) is 5.97. The van der Waals surface area contributed by atoms with E-state index in [1.54, 1.807) is 18.3 Å². The van der Waals surface area contributed by atoms with E-state index >= 15 is 0 Å². The molecule has 27 heavy (non-hydrogen) atoms. The molecule has 0 unspecified atom stereocenters. The summed E-state index contributed by atoms with van der Waals surface area (Å²) in [6, 6.07) is 10.3. The predicted molar refractivity (Wildman–Crippen MR) is 96.3 cm³/mol. The topological polar surface area (TPSA) is 68.0 Å². The zero-order valence-electron chi connectivity index (χ0n) is 14.2. The first-order chi connectivity index (χ1) is 13.0. The molecule has 2 aromatic carbocycles. The van der Waals surface area contributed by atoms with Gasteiger partial charge in [-0.3, -0.25) is 4.79 Å². The van der Waals surface area contributed by atoms with Gasteiger partial charge in [0.15, 0.2) is 12.0 Å². The number of anilines is 1. The van der Waals surface area contributed by atoms with Crippen LogP contribution in [0.25, 0.3) is 22.2 Å². The molecule has 4 rings (SSSR count). The quantitative estimate of drug-likeness (QED) is 0.570. The van der Waals surface area contributed by atoms with Crippen molar-refractivity contribution in [2.45, 2.75) is 6.92 Å². The van der Waals surface area contributed by atoms with Crippen LogP contribution in [0.1, 0.15) is 15.9 Å². The summed E-state index contributed by atoms with van der Waals surface area (Å²) >= 11 is 0. The van der Waals surface area contributed by atoms with Crippen LogP contribution in [-0.4, -0.2) is 15.9 Å². The van der Waals surface area contributed by atoms with Gasteiger partial charge in [0.2, 0.25) is 0 Å². The first-order valence-electron chi connectivity index (χ1n) is 8.08. The Balaban J connectivity index is 1.60. The molecule has 0 aliphatic carbocycles. The lowest BCUT2D eigenvalue weighted by atomic mass is 10.0. The third kappa shape index (κ3) is 3.15. The molecule has 0 saturated heterocycles. The number of aromatic nitrogens is 2. The number of amides is 1. The molecule has 2 aromatic heterocycles. The Hall–Kier alpha value is -3.61. The van der Waals surface area contributed by atoms with Crippen LogP contribution in [0, 0.1) is 18.6 Å². The van der Waals surface area contributed by atoms with Gasteiger partial charge in [-0.15, -0.1) is 0 Å². The Morgan fingerprint density at radius 3 is 2.56 bits per heavy atom. The normalized spacial score (nSPS) is 10.9. The second kappa shape index (κ2) is 6.60. The highest BCUT2D eigenvalue weighted by Gasteiger charge is 2.17. The highest BCUT2D eigenvalue weighted by molar-refractivity contribution is 6.04. The minimum absolute atomic E-state index is 0.185. The average Bonchev–Trinajstić information content (AvgIpc) is 3.09. The maximum Gasteiger partial charge on any atom is 0.262 e. The summed E-state index contributed by atoms with van der Waals surface area (Å²) in [4.78, 5) is 20.4. The summed E-state index contributed by atoms with van der Waals surface area (Å²) < 4.78 is 32.7. The van der Waals surface area contributed by atoms with Crippen molar-refractivity contribution in [1.82, 2.24) is 9.97 Å². The minimum Gasteiger partial charge on any atom is -0.443 e. The molecule has 0 spiro atoms. The first kappa shape index (κ1) is 16.8. The Morgan fingerprint density at radius 1 is 1.07 bits per heavy atom. The number of aryl methyl sites for hydroxylation is 1. The molecule has 0 saturated carbocycles. The van der Waals surface area contributed by atoms with Gasteiger partial charge in [-0.1, -0.05) is 6.07 Å². The fraction of sp³-hybridized carbons (Fsp3) is 0.0500. The molecule has 134 valence electrons. The number of fused-ring (bicyclic) bond motifs is 1. The second-order valence-corrected chi connectivity index (χ2v) is 5.97. The van der Waals surface area contributed by atoms with Crippen molar-refractivity contribution in [2.24, 2.45) is 0 Å². The largest absolute Gasteiger partial charge is 0.443 e. The van der Waals surface area contributed by atoms with E-state index in [0.717, 1.165) is 34.3 Å². The molecule has 2 heterocycles. The molecule has 0 aliphatic rings. The summed E-state index contributed by atoms with van der Waals surface area (Å²) in [7, 11) is 0. The molecule has 0 bridgehead atoms. The Morgan fingerprint density at radius 2 is 1.85 bits per heavy atom. The molecular formula is C20H13F2N3O2. The lowest BCUT2D eigenvalue weighted by molar-refractivity contribution is 0.101. The average molecular weight is 365 g/mol. The van der Waals surface area contributed by atoms with Crippen molar-refractivity contribution in [3.63, 3.8) is 0 Å². The maximum absolute atomic E-state index is 13.7. The van der Waals surface area contributed by atoms with E-state index in [9.17, 15) is 13.6 Å². The van der Waals surface area contributed by atoms with Crippen LogP contribution in [0.4, 0.5) is 14.6 Å². The summed E-state index contributed by atoms with van der Waals surface area (Å²) in [6.07, 6.45) is 2.95. The highest BCUT2D eigenvalue weighted by atomic mass is 19.1. The number of nitrogens with one attached hydrogen (secondary N) is 1. The van der Waals surface area contributed by atoms with Crippen molar-refractivity contribution >= 4 is 22.8 Å². The number of carbonyl (C=O) groups is 1. The van der Waals surface area contributed by atoms with Crippen LogP contribution in [0.5, 0.6) is 0 Å². The van der Waals surface area contributed by atoms with E-state index in [0.29, 0.717) is 5.58 Å².